The number of amides is 2. The van der Waals surface area contributed by atoms with Gasteiger partial charge in [0.15, 0.2) is 0 Å². The number of likely N-dealkylation sites (N-methyl/N-ethyl adjacent to an activating group) is 1. The predicted molar refractivity (Wildman–Crippen MR) is 133 cm³/mol. The molecule has 0 unspecified atom stereocenters. The molecule has 1 N–H and O–H groups in total. The number of nitrogens with one attached hydrogen (secondary N) is 1. The Kier molecular flexibility index (Phi) is 9.17. The lowest BCUT2D eigenvalue weighted by Gasteiger charge is -2.33. The summed E-state index contributed by atoms with van der Waals surface area (Å²) < 4.78 is 26.4. The Morgan fingerprint density at radius 2 is 1.64 bits per heavy atom. The molecule has 0 aromatic heterocycles. The molecule has 0 radical (unpaired) electrons. The minimum atomic E-state index is -3.80. The average Bonchev–Trinajstić information content (AvgIpc) is 2.74. The van der Waals surface area contributed by atoms with E-state index >= 15 is 0 Å². The first-order chi connectivity index (χ1) is 15.4. The first-order valence-electron chi connectivity index (χ1n) is 10.4. The van der Waals surface area contributed by atoms with Crippen LogP contribution in [0, 0.1) is 13.8 Å². The zero-order valence-electron chi connectivity index (χ0n) is 19.4. The standard InChI is InChI=1S/C23H29Cl2N3O4S/c1-6-20(23(30)26-4)27(13-17-18(24)10-8-11-19(17)25)22(29)14-28(33(5,31)32)21-12-7-9-15(2)16(21)3/h7-12,20H,6,13-14H2,1-5H3,(H,26,30)/t20-/m0/s1. The van der Waals surface area contributed by atoms with Gasteiger partial charge in [-0.3, -0.25) is 13.9 Å². The van der Waals surface area contributed by atoms with E-state index in [9.17, 15) is 18.0 Å². The van der Waals surface area contributed by atoms with Crippen LogP contribution < -0.4 is 9.62 Å². The van der Waals surface area contributed by atoms with Crippen LogP contribution in [-0.2, 0) is 26.2 Å². The summed E-state index contributed by atoms with van der Waals surface area (Å²) in [5.41, 5.74) is 2.53. The van der Waals surface area contributed by atoms with Gasteiger partial charge in [0.1, 0.15) is 12.6 Å². The first kappa shape index (κ1) is 27.0. The van der Waals surface area contributed by atoms with Crippen LogP contribution in [0.25, 0.3) is 0 Å². The highest BCUT2D eigenvalue weighted by Crippen LogP contribution is 2.28. The molecule has 0 fully saturated rings. The molecule has 7 nitrogen and oxygen atoms in total. The van der Waals surface area contributed by atoms with Crippen LogP contribution in [0.15, 0.2) is 36.4 Å². The maximum Gasteiger partial charge on any atom is 0.244 e. The summed E-state index contributed by atoms with van der Waals surface area (Å²) in [6.45, 7) is 4.92. The third-order valence-corrected chi connectivity index (χ3v) is 7.38. The normalized spacial score (nSPS) is 12.2. The SMILES string of the molecule is CC[C@@H](C(=O)NC)N(Cc1c(Cl)cccc1Cl)C(=O)CN(c1cccc(C)c1C)S(C)(=O)=O. The maximum atomic E-state index is 13.6. The number of rotatable bonds is 9. The van der Waals surface area contributed by atoms with E-state index in [1.165, 1.54) is 11.9 Å². The Hall–Kier alpha value is -2.29. The summed E-state index contributed by atoms with van der Waals surface area (Å²) in [6, 6.07) is 9.39. The van der Waals surface area contributed by atoms with E-state index in [0.717, 1.165) is 21.7 Å². The Morgan fingerprint density at radius 1 is 1.06 bits per heavy atom. The minimum Gasteiger partial charge on any atom is -0.357 e. The van der Waals surface area contributed by atoms with Gasteiger partial charge in [0, 0.05) is 29.2 Å². The molecule has 2 aromatic rings. The zero-order chi connectivity index (χ0) is 24.9. The molecule has 0 aliphatic heterocycles. The highest BCUT2D eigenvalue weighted by atomic mass is 35.5. The number of benzene rings is 2. The number of carbonyl (C=O) groups is 2. The Morgan fingerprint density at radius 3 is 2.15 bits per heavy atom. The molecule has 2 amide bonds. The van der Waals surface area contributed by atoms with Gasteiger partial charge in [-0.15, -0.1) is 0 Å². The smallest absolute Gasteiger partial charge is 0.244 e. The van der Waals surface area contributed by atoms with Crippen LogP contribution in [0.3, 0.4) is 0 Å². The zero-order valence-corrected chi connectivity index (χ0v) is 21.7. The van der Waals surface area contributed by atoms with Gasteiger partial charge in [-0.05, 0) is 49.6 Å². The fourth-order valence-electron chi connectivity index (χ4n) is 3.54. The molecule has 0 bridgehead atoms. The molecule has 0 aliphatic rings. The second kappa shape index (κ2) is 11.2. The number of hydrogen-bond donors (Lipinski definition) is 1. The summed E-state index contributed by atoms with van der Waals surface area (Å²) in [4.78, 5) is 27.5. The number of carbonyl (C=O) groups excluding carboxylic acids is 2. The highest BCUT2D eigenvalue weighted by Gasteiger charge is 2.32. The summed E-state index contributed by atoms with van der Waals surface area (Å²) >= 11 is 12.6. The quantitative estimate of drug-likeness (QED) is 0.550. The van der Waals surface area contributed by atoms with Crippen molar-refractivity contribution >= 4 is 50.7 Å². The van der Waals surface area contributed by atoms with Crippen LogP contribution in [0.2, 0.25) is 10.0 Å². The van der Waals surface area contributed by atoms with Gasteiger partial charge in [-0.1, -0.05) is 48.3 Å². The number of aryl methyl sites for hydroxylation is 1. The number of anilines is 1. The molecule has 180 valence electrons. The second-order valence-corrected chi connectivity index (χ2v) is 10.5. The molecular weight excluding hydrogens is 485 g/mol. The lowest BCUT2D eigenvalue weighted by Crippen LogP contribution is -2.51. The monoisotopic (exact) mass is 513 g/mol. The highest BCUT2D eigenvalue weighted by molar-refractivity contribution is 7.92. The lowest BCUT2D eigenvalue weighted by molar-refractivity contribution is -0.140. The van der Waals surface area contributed by atoms with Crippen molar-refractivity contribution in [3.05, 3.63) is 63.1 Å². The van der Waals surface area contributed by atoms with Crippen LogP contribution in [-0.4, -0.2) is 51.0 Å². The fraction of sp³-hybridized carbons (Fsp3) is 0.391. The summed E-state index contributed by atoms with van der Waals surface area (Å²) in [5.74, 6) is -0.917. The van der Waals surface area contributed by atoms with Crippen LogP contribution in [0.5, 0.6) is 0 Å². The molecule has 1 atom stereocenters. The molecular formula is C23H29Cl2N3O4S. The van der Waals surface area contributed by atoms with Crippen molar-refractivity contribution in [1.82, 2.24) is 10.2 Å². The van der Waals surface area contributed by atoms with Crippen molar-refractivity contribution in [2.75, 3.05) is 24.2 Å². The molecule has 33 heavy (non-hydrogen) atoms. The Labute approximate surface area is 205 Å². The minimum absolute atomic E-state index is 0.0479. The van der Waals surface area contributed by atoms with Gasteiger partial charge in [0.2, 0.25) is 21.8 Å². The molecule has 0 heterocycles. The third-order valence-electron chi connectivity index (χ3n) is 5.55. The second-order valence-electron chi connectivity index (χ2n) is 7.75. The Bertz CT molecular complexity index is 1120. The van der Waals surface area contributed by atoms with E-state index < -0.39 is 28.5 Å². The van der Waals surface area contributed by atoms with Crippen LogP contribution in [0.1, 0.15) is 30.0 Å². The maximum absolute atomic E-state index is 13.6. The van der Waals surface area contributed by atoms with Gasteiger partial charge in [-0.2, -0.15) is 0 Å². The van der Waals surface area contributed by atoms with Crippen molar-refractivity contribution in [3.63, 3.8) is 0 Å². The molecule has 0 aliphatic carbocycles. The number of hydrogen-bond acceptors (Lipinski definition) is 4. The lowest BCUT2D eigenvalue weighted by atomic mass is 10.1. The average molecular weight is 514 g/mol. The number of nitrogens with zero attached hydrogens (tertiary/aromatic N) is 2. The third kappa shape index (κ3) is 6.40. The molecule has 2 aromatic carbocycles. The van der Waals surface area contributed by atoms with Crippen molar-refractivity contribution < 1.29 is 18.0 Å². The number of halogens is 2. The molecule has 10 heteroatoms. The van der Waals surface area contributed by atoms with E-state index in [1.54, 1.807) is 44.2 Å². The summed E-state index contributed by atoms with van der Waals surface area (Å²) in [7, 11) is -2.32. The molecule has 2 rings (SSSR count). The largest absolute Gasteiger partial charge is 0.357 e. The van der Waals surface area contributed by atoms with E-state index in [2.05, 4.69) is 5.32 Å². The fourth-order valence-corrected chi connectivity index (χ4v) is 4.96. The Balaban J connectivity index is 2.54. The van der Waals surface area contributed by atoms with Crippen LogP contribution in [0.4, 0.5) is 5.69 Å². The molecule has 0 saturated heterocycles. The molecule has 0 spiro atoms. The molecule has 0 saturated carbocycles. The van der Waals surface area contributed by atoms with Gasteiger partial charge in [0.25, 0.3) is 0 Å². The van der Waals surface area contributed by atoms with E-state index in [4.69, 9.17) is 23.2 Å². The number of sulfonamides is 1. The van der Waals surface area contributed by atoms with Crippen LogP contribution >= 0.6 is 23.2 Å². The van der Waals surface area contributed by atoms with Gasteiger partial charge >= 0.3 is 0 Å². The summed E-state index contributed by atoms with van der Waals surface area (Å²) in [6.07, 6.45) is 1.36. The van der Waals surface area contributed by atoms with Crippen molar-refractivity contribution in [3.8, 4) is 0 Å². The topological polar surface area (TPSA) is 86.8 Å². The first-order valence-corrected chi connectivity index (χ1v) is 13.0. The van der Waals surface area contributed by atoms with Crippen molar-refractivity contribution in [1.29, 1.82) is 0 Å². The van der Waals surface area contributed by atoms with E-state index in [1.807, 2.05) is 13.0 Å². The van der Waals surface area contributed by atoms with E-state index in [-0.39, 0.29) is 12.5 Å². The van der Waals surface area contributed by atoms with Crippen molar-refractivity contribution in [2.45, 2.75) is 39.8 Å². The summed E-state index contributed by atoms with van der Waals surface area (Å²) in [5, 5.41) is 3.26. The van der Waals surface area contributed by atoms with Gasteiger partial charge in [-0.25, -0.2) is 8.42 Å². The van der Waals surface area contributed by atoms with Gasteiger partial charge in [0.05, 0.1) is 11.9 Å². The van der Waals surface area contributed by atoms with Crippen molar-refractivity contribution in [2.24, 2.45) is 0 Å². The predicted octanol–water partition coefficient (Wildman–Crippen LogP) is 3.93. The van der Waals surface area contributed by atoms with E-state index in [0.29, 0.717) is 27.7 Å². The van der Waals surface area contributed by atoms with Gasteiger partial charge < -0.3 is 10.2 Å².